The molecule has 0 N–H and O–H groups in total. The van der Waals surface area contributed by atoms with Crippen molar-refractivity contribution in [1.29, 1.82) is 0 Å². The van der Waals surface area contributed by atoms with E-state index < -0.39 is 11.3 Å². The Bertz CT molecular complexity index is 376. The third-order valence-electron chi connectivity index (χ3n) is 1.67. The summed E-state index contributed by atoms with van der Waals surface area (Å²) in [6, 6.07) is 4.93. The molecule has 0 bridgehead atoms. The van der Waals surface area contributed by atoms with Gasteiger partial charge in [0.2, 0.25) is 5.17 Å². The van der Waals surface area contributed by atoms with Gasteiger partial charge < -0.3 is 0 Å². The average molecular weight is 236 g/mol. The van der Waals surface area contributed by atoms with Crippen LogP contribution in [0, 0.1) is 13.8 Å². The lowest BCUT2D eigenvalue weighted by Gasteiger charge is -2.04. The predicted octanol–water partition coefficient (Wildman–Crippen LogP) is 4.13. The zero-order valence-electron chi connectivity index (χ0n) is 8.19. The van der Waals surface area contributed by atoms with Crippen molar-refractivity contribution < 1.29 is 13.2 Å². The molecule has 82 valence electrons. The van der Waals surface area contributed by atoms with Gasteiger partial charge in [-0.2, -0.15) is 13.2 Å². The smallest absolute Gasteiger partial charge is 0.232 e. The largest absolute Gasteiger partial charge is 0.444 e. The first-order valence-electron chi connectivity index (χ1n) is 4.19. The summed E-state index contributed by atoms with van der Waals surface area (Å²) in [4.78, 5) is 3.31. The van der Waals surface area contributed by atoms with Gasteiger partial charge in [-0.15, -0.1) is 0 Å². The minimum absolute atomic E-state index is 0.217. The summed E-state index contributed by atoms with van der Waals surface area (Å²) in [6.45, 7) is 3.57. The van der Waals surface area contributed by atoms with Crippen LogP contribution >= 0.6 is 11.6 Å². The van der Waals surface area contributed by atoms with Crippen molar-refractivity contribution in [1.82, 2.24) is 0 Å². The molecule has 15 heavy (non-hydrogen) atoms. The van der Waals surface area contributed by atoms with Crippen molar-refractivity contribution in [3.8, 4) is 0 Å². The molecule has 0 fully saturated rings. The van der Waals surface area contributed by atoms with Gasteiger partial charge in [0, 0.05) is 0 Å². The van der Waals surface area contributed by atoms with Gasteiger partial charge in [0.1, 0.15) is 0 Å². The molecule has 0 saturated carbocycles. The first-order chi connectivity index (χ1) is 6.79. The Kier molecular flexibility index (Phi) is 3.39. The summed E-state index contributed by atoms with van der Waals surface area (Å²) in [6.07, 6.45) is -4.58. The molecule has 0 unspecified atom stereocenters. The number of aliphatic imine (C=N–C) groups is 1. The van der Waals surface area contributed by atoms with Gasteiger partial charge in [-0.3, -0.25) is 0 Å². The molecule has 0 aliphatic carbocycles. The maximum atomic E-state index is 12.1. The van der Waals surface area contributed by atoms with Gasteiger partial charge in [0.15, 0.2) is 0 Å². The fourth-order valence-electron chi connectivity index (χ4n) is 1.19. The molecular weight excluding hydrogens is 227 g/mol. The van der Waals surface area contributed by atoms with E-state index in [2.05, 4.69) is 4.99 Å². The lowest BCUT2D eigenvalue weighted by Crippen LogP contribution is -2.16. The summed E-state index contributed by atoms with van der Waals surface area (Å²) in [5, 5.41) is -1.35. The second-order valence-electron chi connectivity index (χ2n) is 3.25. The Morgan fingerprint density at radius 3 is 2.00 bits per heavy atom. The van der Waals surface area contributed by atoms with Gasteiger partial charge in [-0.25, -0.2) is 4.99 Å². The van der Waals surface area contributed by atoms with Crippen LogP contribution in [0.15, 0.2) is 23.2 Å². The third kappa shape index (κ3) is 3.55. The van der Waals surface area contributed by atoms with E-state index in [0.717, 1.165) is 11.1 Å². The van der Waals surface area contributed by atoms with E-state index in [1.807, 2.05) is 6.07 Å². The van der Waals surface area contributed by atoms with E-state index in [1.165, 1.54) is 0 Å². The number of hydrogen-bond donors (Lipinski definition) is 0. The minimum atomic E-state index is -4.58. The van der Waals surface area contributed by atoms with Gasteiger partial charge in [0.25, 0.3) is 0 Å². The van der Waals surface area contributed by atoms with E-state index in [9.17, 15) is 13.2 Å². The Hall–Kier alpha value is -1.03. The average Bonchev–Trinajstić information content (AvgIpc) is 1.99. The van der Waals surface area contributed by atoms with Crippen LogP contribution in [0.2, 0.25) is 0 Å². The first kappa shape index (κ1) is 12.0. The molecule has 0 aliphatic heterocycles. The van der Waals surface area contributed by atoms with Crippen LogP contribution in [-0.2, 0) is 0 Å². The Morgan fingerprint density at radius 2 is 1.60 bits per heavy atom. The summed E-state index contributed by atoms with van der Waals surface area (Å²) in [7, 11) is 0. The van der Waals surface area contributed by atoms with Crippen molar-refractivity contribution >= 4 is 22.5 Å². The van der Waals surface area contributed by atoms with E-state index in [-0.39, 0.29) is 5.69 Å². The molecule has 1 aromatic carbocycles. The second-order valence-corrected chi connectivity index (χ2v) is 3.60. The number of alkyl halides is 3. The van der Waals surface area contributed by atoms with Crippen LogP contribution < -0.4 is 0 Å². The van der Waals surface area contributed by atoms with Crippen molar-refractivity contribution in [3.05, 3.63) is 29.3 Å². The van der Waals surface area contributed by atoms with Crippen molar-refractivity contribution in [3.63, 3.8) is 0 Å². The number of rotatable bonds is 1. The van der Waals surface area contributed by atoms with E-state index in [4.69, 9.17) is 11.6 Å². The molecule has 0 amide bonds. The summed E-state index contributed by atoms with van der Waals surface area (Å²) in [5.41, 5.74) is 1.91. The standard InChI is InChI=1S/C10H9ClF3N/c1-6-3-7(2)5-8(4-6)15-9(11)10(12,13)14/h3-5H,1-2H3. The van der Waals surface area contributed by atoms with Crippen LogP contribution in [-0.4, -0.2) is 11.3 Å². The molecule has 0 radical (unpaired) electrons. The second kappa shape index (κ2) is 4.23. The van der Waals surface area contributed by atoms with Crippen LogP contribution in [0.4, 0.5) is 18.9 Å². The third-order valence-corrected chi connectivity index (χ3v) is 1.97. The van der Waals surface area contributed by atoms with Crippen LogP contribution in [0.3, 0.4) is 0 Å². The fraction of sp³-hybridized carbons (Fsp3) is 0.300. The van der Waals surface area contributed by atoms with Gasteiger partial charge in [0.05, 0.1) is 5.69 Å². The fourth-order valence-corrected chi connectivity index (χ4v) is 1.29. The zero-order valence-corrected chi connectivity index (χ0v) is 8.95. The number of aryl methyl sites for hydroxylation is 2. The molecule has 0 spiro atoms. The molecule has 1 rings (SSSR count). The summed E-state index contributed by atoms with van der Waals surface area (Å²) < 4.78 is 36.2. The van der Waals surface area contributed by atoms with Crippen LogP contribution in [0.1, 0.15) is 11.1 Å². The number of benzene rings is 1. The Labute approximate surface area is 90.6 Å². The quantitative estimate of drug-likeness (QED) is 0.649. The van der Waals surface area contributed by atoms with Crippen molar-refractivity contribution in [2.45, 2.75) is 20.0 Å². The first-order valence-corrected chi connectivity index (χ1v) is 4.56. The Morgan fingerprint density at radius 1 is 1.13 bits per heavy atom. The van der Waals surface area contributed by atoms with Gasteiger partial charge in [-0.05, 0) is 37.1 Å². The molecular formula is C10H9ClF3N. The van der Waals surface area contributed by atoms with Crippen molar-refractivity contribution in [2.24, 2.45) is 4.99 Å². The van der Waals surface area contributed by atoms with E-state index >= 15 is 0 Å². The molecule has 1 aromatic rings. The topological polar surface area (TPSA) is 12.4 Å². The zero-order chi connectivity index (χ0) is 11.6. The summed E-state index contributed by atoms with van der Waals surface area (Å²) in [5.74, 6) is 0. The lowest BCUT2D eigenvalue weighted by molar-refractivity contribution is -0.0558. The molecule has 0 aromatic heterocycles. The number of halogens is 4. The highest BCUT2D eigenvalue weighted by Gasteiger charge is 2.34. The molecule has 0 atom stereocenters. The van der Waals surface area contributed by atoms with Gasteiger partial charge >= 0.3 is 6.18 Å². The normalized spacial score (nSPS) is 13.1. The number of nitrogens with zero attached hydrogens (tertiary/aromatic N) is 1. The molecule has 1 nitrogen and oxygen atoms in total. The Balaban J connectivity index is 3.08. The van der Waals surface area contributed by atoms with Crippen molar-refractivity contribution in [2.75, 3.05) is 0 Å². The molecule has 0 heterocycles. The highest BCUT2D eigenvalue weighted by atomic mass is 35.5. The highest BCUT2D eigenvalue weighted by Crippen LogP contribution is 2.24. The molecule has 5 heteroatoms. The van der Waals surface area contributed by atoms with E-state index in [0.29, 0.717) is 0 Å². The lowest BCUT2D eigenvalue weighted by atomic mass is 10.1. The van der Waals surface area contributed by atoms with Crippen LogP contribution in [0.5, 0.6) is 0 Å². The highest BCUT2D eigenvalue weighted by molar-refractivity contribution is 6.67. The predicted molar refractivity (Wildman–Crippen MR) is 54.9 cm³/mol. The maximum Gasteiger partial charge on any atom is 0.444 e. The SMILES string of the molecule is Cc1cc(C)cc(N=C(Cl)C(F)(F)F)c1. The van der Waals surface area contributed by atoms with E-state index in [1.54, 1.807) is 26.0 Å². The summed E-state index contributed by atoms with van der Waals surface area (Å²) >= 11 is 5.02. The monoisotopic (exact) mass is 235 g/mol. The van der Waals surface area contributed by atoms with Gasteiger partial charge in [-0.1, -0.05) is 17.7 Å². The minimum Gasteiger partial charge on any atom is -0.232 e. The molecule has 0 aliphatic rings. The maximum absolute atomic E-state index is 12.1. The molecule has 0 saturated heterocycles. The van der Waals surface area contributed by atoms with Crippen LogP contribution in [0.25, 0.3) is 0 Å². The number of hydrogen-bond acceptors (Lipinski definition) is 1.